The molecule has 0 aromatic heterocycles. The van der Waals surface area contributed by atoms with Crippen molar-refractivity contribution in [1.82, 2.24) is 20.3 Å². The number of fused-ring (bicyclic) bond motifs is 1. The molecule has 4 amide bonds. The number of hydrogen-bond donors (Lipinski definition) is 3. The summed E-state index contributed by atoms with van der Waals surface area (Å²) in [6.07, 6.45) is 2.01. The highest BCUT2D eigenvalue weighted by Gasteiger charge is 2.71. The van der Waals surface area contributed by atoms with E-state index < -0.39 is 73.6 Å². The Hall–Kier alpha value is -2.63. The summed E-state index contributed by atoms with van der Waals surface area (Å²) in [5, 5.41) is 4.95. The van der Waals surface area contributed by atoms with Gasteiger partial charge in [-0.2, -0.15) is 0 Å². The van der Waals surface area contributed by atoms with E-state index in [-0.39, 0.29) is 23.7 Å². The summed E-state index contributed by atoms with van der Waals surface area (Å²) in [6, 6.07) is -1.85. The molecule has 6 atom stereocenters. The Morgan fingerprint density at radius 1 is 1.07 bits per heavy atom. The predicted octanol–water partition coefficient (Wildman–Crippen LogP) is 2.08. The molecule has 3 saturated carbocycles. The van der Waals surface area contributed by atoms with Gasteiger partial charge in [0, 0.05) is 12.5 Å². The maximum atomic E-state index is 14.0. The van der Waals surface area contributed by atoms with Gasteiger partial charge < -0.3 is 20.3 Å². The molecule has 1 heterocycles. The number of nitrogens with zero attached hydrogens (tertiary/aromatic N) is 1. The monoisotopic (exact) mass is 580 g/mol. The smallest absolute Gasteiger partial charge is 0.408 e. The summed E-state index contributed by atoms with van der Waals surface area (Å²) in [5.74, 6) is -2.21. The highest BCUT2D eigenvalue weighted by molar-refractivity contribution is 7.91. The third-order valence-electron chi connectivity index (χ3n) is 8.78. The Labute approximate surface area is 237 Å². The fraction of sp³-hybridized carbons (Fsp3) is 0.786. The standard InChI is InChI=1S/C28H44N4O7S/c1-10-15-13-28(15,23(35)31-40(37,38)16-11-12-16)30-21(33)19-18-17(27(18,8)9)14-32(19)22(34)20(25(2,3)4)29-24(36)39-26(5,6)7/h10,15-20H,1,11-14H2,2-9H3,(H,29,36)(H,30,33)(H,31,35)/t15?,17?,18?,19?,20?,28-/m1/s1. The van der Waals surface area contributed by atoms with E-state index in [2.05, 4.69) is 21.9 Å². The molecule has 0 spiro atoms. The van der Waals surface area contributed by atoms with E-state index in [1.54, 1.807) is 20.8 Å². The van der Waals surface area contributed by atoms with Gasteiger partial charge in [0.2, 0.25) is 21.8 Å². The lowest BCUT2D eigenvalue weighted by Gasteiger charge is -2.38. The largest absolute Gasteiger partial charge is 0.444 e. The molecule has 1 saturated heterocycles. The van der Waals surface area contributed by atoms with Crippen LogP contribution in [0.15, 0.2) is 12.7 Å². The molecule has 12 heteroatoms. The van der Waals surface area contributed by atoms with Crippen LogP contribution < -0.4 is 15.4 Å². The summed E-state index contributed by atoms with van der Waals surface area (Å²) >= 11 is 0. The van der Waals surface area contributed by atoms with E-state index >= 15 is 0 Å². The first-order chi connectivity index (χ1) is 18.2. The lowest BCUT2D eigenvalue weighted by Crippen LogP contribution is -2.61. The molecule has 4 fully saturated rings. The third kappa shape index (κ3) is 5.60. The molecule has 3 aliphatic carbocycles. The SMILES string of the molecule is C=CC1C[C@]1(NC(=O)C1C2C(CN1C(=O)C(NC(=O)OC(C)(C)C)C(C)(C)C)C2(C)C)C(=O)NS(=O)(=O)C1CC1. The van der Waals surface area contributed by atoms with E-state index in [1.165, 1.54) is 11.0 Å². The lowest BCUT2D eigenvalue weighted by molar-refractivity contribution is -0.144. The van der Waals surface area contributed by atoms with Crippen LogP contribution in [0, 0.1) is 28.6 Å². The van der Waals surface area contributed by atoms with Crippen molar-refractivity contribution in [2.24, 2.45) is 28.6 Å². The lowest BCUT2D eigenvalue weighted by atomic mass is 9.85. The van der Waals surface area contributed by atoms with Crippen molar-refractivity contribution in [2.75, 3.05) is 6.54 Å². The zero-order valence-corrected chi connectivity index (χ0v) is 25.6. The molecule has 0 aromatic rings. The van der Waals surface area contributed by atoms with Gasteiger partial charge in [0.15, 0.2) is 0 Å². The molecule has 1 aliphatic heterocycles. The van der Waals surface area contributed by atoms with Crippen LogP contribution in [0.4, 0.5) is 4.79 Å². The zero-order chi connectivity index (χ0) is 30.2. The van der Waals surface area contributed by atoms with E-state index in [1.807, 2.05) is 34.6 Å². The zero-order valence-electron chi connectivity index (χ0n) is 24.8. The number of likely N-dealkylation sites (tertiary alicyclic amines) is 1. The number of piperidine rings is 1. The summed E-state index contributed by atoms with van der Waals surface area (Å²) < 4.78 is 32.5. The highest BCUT2D eigenvalue weighted by Crippen LogP contribution is 2.65. The number of hydrogen-bond acceptors (Lipinski definition) is 7. The van der Waals surface area contributed by atoms with Crippen LogP contribution in [-0.2, 0) is 29.1 Å². The first-order valence-electron chi connectivity index (χ1n) is 14.0. The van der Waals surface area contributed by atoms with Crippen molar-refractivity contribution in [3.05, 3.63) is 12.7 Å². The number of amides is 4. The van der Waals surface area contributed by atoms with Crippen LogP contribution in [0.5, 0.6) is 0 Å². The topological polar surface area (TPSA) is 151 Å². The molecule has 0 bridgehead atoms. The molecule has 0 radical (unpaired) electrons. The minimum Gasteiger partial charge on any atom is -0.444 e. The fourth-order valence-corrected chi connectivity index (χ4v) is 7.43. The number of ether oxygens (including phenoxy) is 1. The van der Waals surface area contributed by atoms with Gasteiger partial charge in [-0.25, -0.2) is 13.2 Å². The van der Waals surface area contributed by atoms with Crippen LogP contribution in [0.3, 0.4) is 0 Å². The summed E-state index contributed by atoms with van der Waals surface area (Å²) in [7, 11) is -3.82. The maximum Gasteiger partial charge on any atom is 0.408 e. The Balaban J connectivity index is 1.57. The minimum absolute atomic E-state index is 0.0729. The summed E-state index contributed by atoms with van der Waals surface area (Å²) in [5.41, 5.74) is -3.09. The minimum atomic E-state index is -3.82. The van der Waals surface area contributed by atoms with Crippen LogP contribution in [0.25, 0.3) is 0 Å². The summed E-state index contributed by atoms with van der Waals surface area (Å²) in [6.45, 7) is 18.8. The molecular formula is C28H44N4O7S. The number of nitrogens with one attached hydrogen (secondary N) is 3. The number of alkyl carbamates (subject to hydrolysis) is 1. The second-order valence-corrected chi connectivity index (χ2v) is 16.5. The maximum absolute atomic E-state index is 14.0. The molecular weight excluding hydrogens is 536 g/mol. The molecule has 5 unspecified atom stereocenters. The number of sulfonamides is 1. The van der Waals surface area contributed by atoms with E-state index in [9.17, 15) is 27.6 Å². The second kappa shape index (κ2) is 9.46. The van der Waals surface area contributed by atoms with Crippen molar-refractivity contribution in [1.29, 1.82) is 0 Å². The Kier molecular flexibility index (Phi) is 7.17. The average molecular weight is 581 g/mol. The van der Waals surface area contributed by atoms with Gasteiger partial charge in [-0.1, -0.05) is 40.7 Å². The molecule has 4 aliphatic rings. The molecule has 4 rings (SSSR count). The van der Waals surface area contributed by atoms with E-state index in [4.69, 9.17) is 4.74 Å². The fourth-order valence-electron chi connectivity index (χ4n) is 6.06. The second-order valence-electron chi connectivity index (χ2n) is 14.5. The number of rotatable bonds is 8. The predicted molar refractivity (Wildman–Crippen MR) is 148 cm³/mol. The van der Waals surface area contributed by atoms with Crippen LogP contribution in [-0.4, -0.2) is 72.2 Å². The Bertz CT molecular complexity index is 1230. The summed E-state index contributed by atoms with van der Waals surface area (Å²) in [4.78, 5) is 55.3. The van der Waals surface area contributed by atoms with Gasteiger partial charge in [0.05, 0.1) is 5.25 Å². The van der Waals surface area contributed by atoms with Gasteiger partial charge >= 0.3 is 6.09 Å². The van der Waals surface area contributed by atoms with Gasteiger partial charge in [0.1, 0.15) is 23.2 Å². The van der Waals surface area contributed by atoms with Gasteiger partial charge in [-0.15, -0.1) is 6.58 Å². The number of carbonyl (C=O) groups is 4. The van der Waals surface area contributed by atoms with Crippen LogP contribution in [0.2, 0.25) is 0 Å². The van der Waals surface area contributed by atoms with Crippen molar-refractivity contribution < 1.29 is 32.3 Å². The van der Waals surface area contributed by atoms with Crippen molar-refractivity contribution >= 4 is 33.8 Å². The quantitative estimate of drug-likeness (QED) is 0.372. The van der Waals surface area contributed by atoms with Crippen LogP contribution >= 0.6 is 0 Å². The molecule has 11 nitrogen and oxygen atoms in total. The number of carbonyl (C=O) groups excluding carboxylic acids is 4. The van der Waals surface area contributed by atoms with Crippen molar-refractivity contribution in [3.63, 3.8) is 0 Å². The average Bonchev–Trinajstić information content (AvgIpc) is 3.73. The Morgan fingerprint density at radius 3 is 2.15 bits per heavy atom. The Morgan fingerprint density at radius 2 is 1.68 bits per heavy atom. The molecule has 224 valence electrons. The van der Waals surface area contributed by atoms with Gasteiger partial charge in [0.25, 0.3) is 5.91 Å². The normalized spacial score (nSPS) is 31.4. The first-order valence-corrected chi connectivity index (χ1v) is 15.5. The van der Waals surface area contributed by atoms with E-state index in [0.717, 1.165) is 0 Å². The first kappa shape index (κ1) is 30.3. The van der Waals surface area contributed by atoms with Gasteiger partial charge in [-0.3, -0.25) is 19.1 Å². The molecule has 40 heavy (non-hydrogen) atoms. The molecule has 0 aromatic carbocycles. The van der Waals surface area contributed by atoms with Crippen LogP contribution in [0.1, 0.15) is 74.7 Å². The van der Waals surface area contributed by atoms with Crippen molar-refractivity contribution in [2.45, 2.75) is 103 Å². The van der Waals surface area contributed by atoms with Crippen molar-refractivity contribution in [3.8, 4) is 0 Å². The van der Waals surface area contributed by atoms with Gasteiger partial charge in [-0.05, 0) is 62.7 Å². The van der Waals surface area contributed by atoms with E-state index in [0.29, 0.717) is 19.4 Å². The third-order valence-corrected chi connectivity index (χ3v) is 10.6. The highest BCUT2D eigenvalue weighted by atomic mass is 32.2. The molecule has 3 N–H and O–H groups in total.